The summed E-state index contributed by atoms with van der Waals surface area (Å²) in [6, 6.07) is 1.35. The van der Waals surface area contributed by atoms with E-state index in [4.69, 9.17) is 34.8 Å². The van der Waals surface area contributed by atoms with Crippen LogP contribution in [0.3, 0.4) is 0 Å². The lowest BCUT2D eigenvalue weighted by molar-refractivity contribution is -0.137. The summed E-state index contributed by atoms with van der Waals surface area (Å²) in [5.74, 6) is -0.650. The molecule has 2 aromatic rings. The first-order valence-electron chi connectivity index (χ1n) is 6.44. The summed E-state index contributed by atoms with van der Waals surface area (Å²) in [6.45, 7) is 1.51. The van der Waals surface area contributed by atoms with Crippen LogP contribution in [0, 0.1) is 0 Å². The number of alkyl halides is 3. The molecule has 0 fully saturated rings. The number of carbonyl (C=O) groups excluding carboxylic acids is 1. The number of aromatic nitrogens is 2. The van der Waals surface area contributed by atoms with E-state index in [0.29, 0.717) is 6.20 Å². The molecule has 0 bridgehead atoms. The normalized spacial score (nSPS) is 12.8. The van der Waals surface area contributed by atoms with Crippen molar-refractivity contribution in [1.82, 2.24) is 15.3 Å². The van der Waals surface area contributed by atoms with Crippen LogP contribution in [0.25, 0.3) is 0 Å². The highest BCUT2D eigenvalue weighted by atomic mass is 35.5. The van der Waals surface area contributed by atoms with Gasteiger partial charge in [-0.05, 0) is 19.1 Å². The zero-order chi connectivity index (χ0) is 18.1. The Morgan fingerprint density at radius 3 is 2.42 bits per heavy atom. The van der Waals surface area contributed by atoms with Crippen molar-refractivity contribution < 1.29 is 18.0 Å². The molecule has 2 heterocycles. The van der Waals surface area contributed by atoms with E-state index in [9.17, 15) is 18.0 Å². The average Bonchev–Trinajstić information content (AvgIpc) is 2.45. The van der Waals surface area contributed by atoms with Gasteiger partial charge >= 0.3 is 6.18 Å². The lowest BCUT2D eigenvalue weighted by Crippen LogP contribution is -2.28. The summed E-state index contributed by atoms with van der Waals surface area (Å²) in [5, 5.41) is 2.29. The highest BCUT2D eigenvalue weighted by Crippen LogP contribution is 2.32. The zero-order valence-electron chi connectivity index (χ0n) is 12.0. The first kappa shape index (κ1) is 18.8. The monoisotopic (exact) mass is 397 g/mol. The molecular formula is C14H9Cl3F3N3O. The van der Waals surface area contributed by atoms with Gasteiger partial charge in [0.25, 0.3) is 5.91 Å². The van der Waals surface area contributed by atoms with Crippen molar-refractivity contribution in [2.24, 2.45) is 0 Å². The highest BCUT2D eigenvalue weighted by Gasteiger charge is 2.32. The molecule has 1 N–H and O–H groups in total. The first-order valence-corrected chi connectivity index (χ1v) is 7.58. The second kappa shape index (κ2) is 7.13. The van der Waals surface area contributed by atoms with Crippen molar-refractivity contribution in [2.75, 3.05) is 0 Å². The van der Waals surface area contributed by atoms with Gasteiger partial charge in [0, 0.05) is 12.4 Å². The molecule has 1 amide bonds. The summed E-state index contributed by atoms with van der Waals surface area (Å²) >= 11 is 17.6. The minimum absolute atomic E-state index is 0.0456. The Hall–Kier alpha value is -1.57. The van der Waals surface area contributed by atoms with Crippen molar-refractivity contribution in [3.05, 3.63) is 56.5 Å². The van der Waals surface area contributed by atoms with Gasteiger partial charge in [0.05, 0.1) is 32.9 Å². The van der Waals surface area contributed by atoms with E-state index in [1.54, 1.807) is 0 Å². The second-order valence-corrected chi connectivity index (χ2v) is 5.91. The van der Waals surface area contributed by atoms with E-state index in [1.165, 1.54) is 19.2 Å². The van der Waals surface area contributed by atoms with Gasteiger partial charge in [-0.15, -0.1) is 0 Å². The van der Waals surface area contributed by atoms with Crippen molar-refractivity contribution in [1.29, 1.82) is 0 Å². The van der Waals surface area contributed by atoms with E-state index in [2.05, 4.69) is 15.3 Å². The number of nitrogens with zero attached hydrogens (tertiary/aromatic N) is 2. The van der Waals surface area contributed by atoms with Crippen LogP contribution in [0.1, 0.15) is 34.6 Å². The van der Waals surface area contributed by atoms with E-state index in [-0.39, 0.29) is 26.5 Å². The minimum Gasteiger partial charge on any atom is -0.344 e. The smallest absolute Gasteiger partial charge is 0.344 e. The fourth-order valence-corrected chi connectivity index (χ4v) is 2.73. The maximum Gasteiger partial charge on any atom is 0.417 e. The van der Waals surface area contributed by atoms with Crippen molar-refractivity contribution in [2.45, 2.75) is 19.1 Å². The van der Waals surface area contributed by atoms with Gasteiger partial charge in [-0.25, -0.2) is 4.98 Å². The maximum atomic E-state index is 12.6. The summed E-state index contributed by atoms with van der Waals surface area (Å²) in [6.07, 6.45) is -2.58. The van der Waals surface area contributed by atoms with Gasteiger partial charge in [0.1, 0.15) is 5.15 Å². The molecule has 4 nitrogen and oxygen atoms in total. The third-order valence-corrected chi connectivity index (χ3v) is 3.94. The Labute approximate surface area is 150 Å². The average molecular weight is 399 g/mol. The predicted molar refractivity (Wildman–Crippen MR) is 84.4 cm³/mol. The minimum atomic E-state index is -4.56. The molecule has 0 radical (unpaired) electrons. The Kier molecular flexibility index (Phi) is 5.57. The number of rotatable bonds is 3. The topological polar surface area (TPSA) is 54.9 Å². The number of hydrogen-bond acceptors (Lipinski definition) is 3. The fraction of sp³-hybridized carbons (Fsp3) is 0.214. The molecule has 2 rings (SSSR count). The number of pyridine rings is 2. The number of hydrogen-bond donors (Lipinski definition) is 1. The second-order valence-electron chi connectivity index (χ2n) is 4.74. The van der Waals surface area contributed by atoms with E-state index >= 15 is 0 Å². The van der Waals surface area contributed by atoms with Crippen LogP contribution in [0.4, 0.5) is 13.2 Å². The van der Waals surface area contributed by atoms with Crippen LogP contribution in [-0.2, 0) is 6.18 Å². The number of halogens is 6. The molecule has 2 aromatic heterocycles. The maximum absolute atomic E-state index is 12.6. The van der Waals surface area contributed by atoms with Gasteiger partial charge in [-0.1, -0.05) is 34.8 Å². The summed E-state index contributed by atoms with van der Waals surface area (Å²) in [7, 11) is 0. The molecule has 0 unspecified atom stereocenters. The molecule has 0 saturated carbocycles. The van der Waals surface area contributed by atoms with Crippen molar-refractivity contribution in [3.63, 3.8) is 0 Å². The molecule has 0 saturated heterocycles. The Bertz CT molecular complexity index is 763. The standard InChI is InChI=1S/C14H9Cl3F3N3O/c1-6(11-9(16)4-7(5-22-11)14(18,19)20)23-13(24)10-8(15)2-3-21-12(10)17/h2-6H,1H3,(H,23,24)/t6-/m1/s1. The fourth-order valence-electron chi connectivity index (χ4n) is 1.88. The van der Waals surface area contributed by atoms with Gasteiger partial charge in [-0.3, -0.25) is 9.78 Å². The van der Waals surface area contributed by atoms with E-state index in [1.807, 2.05) is 0 Å². The van der Waals surface area contributed by atoms with Gasteiger partial charge in [0.2, 0.25) is 0 Å². The van der Waals surface area contributed by atoms with Crippen molar-refractivity contribution >= 4 is 40.7 Å². The Morgan fingerprint density at radius 2 is 1.88 bits per heavy atom. The van der Waals surface area contributed by atoms with Gasteiger partial charge < -0.3 is 5.32 Å². The van der Waals surface area contributed by atoms with Crippen LogP contribution in [0.2, 0.25) is 15.2 Å². The van der Waals surface area contributed by atoms with Crippen LogP contribution >= 0.6 is 34.8 Å². The molecule has 0 aliphatic carbocycles. The summed E-state index contributed by atoms with van der Waals surface area (Å²) < 4.78 is 37.8. The highest BCUT2D eigenvalue weighted by molar-refractivity contribution is 6.39. The van der Waals surface area contributed by atoms with Crippen LogP contribution in [0.5, 0.6) is 0 Å². The van der Waals surface area contributed by atoms with Gasteiger partial charge in [0.15, 0.2) is 0 Å². The summed E-state index contributed by atoms with van der Waals surface area (Å²) in [5.41, 5.74) is -0.946. The molecule has 0 aromatic carbocycles. The molecule has 10 heteroatoms. The van der Waals surface area contributed by atoms with Crippen LogP contribution in [0.15, 0.2) is 24.5 Å². The number of amides is 1. The molecule has 0 aliphatic rings. The molecule has 128 valence electrons. The predicted octanol–water partition coefficient (Wildman–Crippen LogP) is 4.95. The molecule has 24 heavy (non-hydrogen) atoms. The first-order chi connectivity index (χ1) is 11.1. The third-order valence-electron chi connectivity index (χ3n) is 3.04. The third kappa shape index (κ3) is 4.09. The van der Waals surface area contributed by atoms with Crippen LogP contribution in [-0.4, -0.2) is 15.9 Å². The van der Waals surface area contributed by atoms with E-state index < -0.39 is 23.7 Å². The van der Waals surface area contributed by atoms with Crippen LogP contribution < -0.4 is 5.32 Å². The SMILES string of the molecule is C[C@@H](NC(=O)c1c(Cl)ccnc1Cl)c1ncc(C(F)(F)F)cc1Cl. The molecule has 0 spiro atoms. The van der Waals surface area contributed by atoms with Gasteiger partial charge in [-0.2, -0.15) is 13.2 Å². The number of nitrogens with one attached hydrogen (secondary N) is 1. The lowest BCUT2D eigenvalue weighted by atomic mass is 10.1. The number of carbonyl (C=O) groups is 1. The quantitative estimate of drug-likeness (QED) is 0.745. The van der Waals surface area contributed by atoms with Crippen molar-refractivity contribution in [3.8, 4) is 0 Å². The summed E-state index contributed by atoms with van der Waals surface area (Å²) in [4.78, 5) is 19.7. The molecule has 0 aliphatic heterocycles. The van der Waals surface area contributed by atoms with E-state index in [0.717, 1.165) is 6.07 Å². The Morgan fingerprint density at radius 1 is 1.21 bits per heavy atom. The largest absolute Gasteiger partial charge is 0.417 e. The molecular weight excluding hydrogens is 390 g/mol. The zero-order valence-corrected chi connectivity index (χ0v) is 14.2. The molecule has 1 atom stereocenters. The lowest BCUT2D eigenvalue weighted by Gasteiger charge is -2.16. The Balaban J connectivity index is 2.24.